The van der Waals surface area contributed by atoms with Crippen LogP contribution in [0, 0.1) is 0 Å². The normalized spacial score (nSPS) is 15.4. The van der Waals surface area contributed by atoms with Crippen LogP contribution in [0.2, 0.25) is 0 Å². The molecule has 1 saturated heterocycles. The van der Waals surface area contributed by atoms with Gasteiger partial charge in [0.05, 0.1) is 0 Å². The van der Waals surface area contributed by atoms with E-state index in [0.29, 0.717) is 13.1 Å². The second-order valence-corrected chi connectivity index (χ2v) is 8.61. The zero-order valence-corrected chi connectivity index (χ0v) is 20.0. The standard InChI is InChI=1S/C28H30N4O3/c1-3-14-30-15-17-31(18-16-30)26(33)21-32-25(20-23-12-8-5-9-13-23)27(34)29(2)24(28(32)35)19-22-10-6-4-7-11-22/h3-13,19-20H,1,14-18,21H2,2H3. The Kier molecular flexibility index (Phi) is 7.57. The minimum Gasteiger partial charge on any atom is -0.339 e. The highest BCUT2D eigenvalue weighted by atomic mass is 16.2. The minimum atomic E-state index is -0.378. The molecular formula is C28H30N4O3. The lowest BCUT2D eigenvalue weighted by molar-refractivity contribution is -0.133. The van der Waals surface area contributed by atoms with Crippen molar-refractivity contribution in [1.82, 2.24) is 18.9 Å². The molecule has 2 heterocycles. The number of amides is 1. The summed E-state index contributed by atoms with van der Waals surface area (Å²) in [7, 11) is 1.59. The first-order valence-corrected chi connectivity index (χ1v) is 11.7. The average molecular weight is 471 g/mol. The number of benzene rings is 2. The number of carbonyl (C=O) groups excluding carboxylic acids is 1. The van der Waals surface area contributed by atoms with Crippen LogP contribution in [0.4, 0.5) is 0 Å². The Morgan fingerprint density at radius 2 is 1.37 bits per heavy atom. The first kappa shape index (κ1) is 24.2. The lowest BCUT2D eigenvalue weighted by Crippen LogP contribution is -2.59. The van der Waals surface area contributed by atoms with Crippen molar-refractivity contribution in [2.24, 2.45) is 7.05 Å². The SMILES string of the molecule is C=CCN1CCN(C(=O)Cn2c(=O)c(=Cc3ccccc3)n(C)c(=O)c2=Cc2ccccc2)CC1. The molecule has 180 valence electrons. The molecule has 1 amide bonds. The van der Waals surface area contributed by atoms with Crippen LogP contribution in [0.5, 0.6) is 0 Å². The summed E-state index contributed by atoms with van der Waals surface area (Å²) < 4.78 is 2.68. The highest BCUT2D eigenvalue weighted by molar-refractivity contribution is 5.76. The molecule has 0 unspecified atom stereocenters. The van der Waals surface area contributed by atoms with Gasteiger partial charge in [0.2, 0.25) is 5.91 Å². The lowest BCUT2D eigenvalue weighted by atomic mass is 10.2. The molecule has 0 saturated carbocycles. The fourth-order valence-electron chi connectivity index (χ4n) is 4.25. The Hall–Kier alpha value is -3.97. The summed E-state index contributed by atoms with van der Waals surface area (Å²) >= 11 is 0. The van der Waals surface area contributed by atoms with Crippen molar-refractivity contribution in [2.75, 3.05) is 32.7 Å². The molecule has 7 nitrogen and oxygen atoms in total. The van der Waals surface area contributed by atoms with Crippen molar-refractivity contribution in [3.05, 3.63) is 116 Å². The van der Waals surface area contributed by atoms with E-state index in [1.54, 1.807) is 24.1 Å². The molecule has 1 aliphatic rings. The second kappa shape index (κ2) is 11.0. The Morgan fingerprint density at radius 3 is 1.91 bits per heavy atom. The van der Waals surface area contributed by atoms with Crippen molar-refractivity contribution < 1.29 is 4.79 Å². The summed E-state index contributed by atoms with van der Waals surface area (Å²) in [6.45, 7) is 7.02. The fourth-order valence-corrected chi connectivity index (χ4v) is 4.25. The van der Waals surface area contributed by atoms with E-state index in [-0.39, 0.29) is 34.3 Å². The van der Waals surface area contributed by atoms with Crippen molar-refractivity contribution >= 4 is 18.1 Å². The fraction of sp³-hybridized carbons (Fsp3) is 0.250. The molecule has 0 bridgehead atoms. The van der Waals surface area contributed by atoms with Crippen LogP contribution in [0.1, 0.15) is 11.1 Å². The van der Waals surface area contributed by atoms with Crippen LogP contribution >= 0.6 is 0 Å². The van der Waals surface area contributed by atoms with Gasteiger partial charge >= 0.3 is 0 Å². The van der Waals surface area contributed by atoms with Crippen LogP contribution in [0.25, 0.3) is 12.2 Å². The van der Waals surface area contributed by atoms with E-state index in [2.05, 4.69) is 11.5 Å². The van der Waals surface area contributed by atoms with Gasteiger partial charge in [0.25, 0.3) is 11.1 Å². The van der Waals surface area contributed by atoms with Gasteiger partial charge in [-0.2, -0.15) is 0 Å². The third-order valence-electron chi connectivity index (χ3n) is 6.25. The van der Waals surface area contributed by atoms with E-state index in [0.717, 1.165) is 30.8 Å². The van der Waals surface area contributed by atoms with Crippen molar-refractivity contribution in [2.45, 2.75) is 6.54 Å². The van der Waals surface area contributed by atoms with Crippen LogP contribution in [-0.4, -0.2) is 57.6 Å². The van der Waals surface area contributed by atoms with E-state index >= 15 is 0 Å². The molecule has 1 fully saturated rings. The lowest BCUT2D eigenvalue weighted by Gasteiger charge is -2.34. The molecule has 2 aromatic carbocycles. The smallest absolute Gasteiger partial charge is 0.275 e. The predicted octanol–water partition coefficient (Wildman–Crippen LogP) is 0.535. The Labute approximate surface area is 204 Å². The molecule has 35 heavy (non-hydrogen) atoms. The molecule has 7 heteroatoms. The Balaban J connectivity index is 1.81. The van der Waals surface area contributed by atoms with Crippen LogP contribution in [0.15, 0.2) is 82.9 Å². The maximum Gasteiger partial charge on any atom is 0.275 e. The van der Waals surface area contributed by atoms with Crippen molar-refractivity contribution in [3.8, 4) is 0 Å². The summed E-state index contributed by atoms with van der Waals surface area (Å²) in [6.07, 6.45) is 5.21. The van der Waals surface area contributed by atoms with Gasteiger partial charge in [0.1, 0.15) is 17.2 Å². The number of rotatable bonds is 6. The second-order valence-electron chi connectivity index (χ2n) is 8.61. The van der Waals surface area contributed by atoms with Gasteiger partial charge in [0.15, 0.2) is 0 Å². The molecular weight excluding hydrogens is 440 g/mol. The predicted molar refractivity (Wildman–Crippen MR) is 138 cm³/mol. The summed E-state index contributed by atoms with van der Waals surface area (Å²) in [6, 6.07) is 18.7. The van der Waals surface area contributed by atoms with Gasteiger partial charge in [-0.25, -0.2) is 0 Å². The van der Waals surface area contributed by atoms with Crippen LogP contribution in [-0.2, 0) is 18.4 Å². The number of hydrogen-bond donors (Lipinski definition) is 0. The zero-order valence-electron chi connectivity index (χ0n) is 20.0. The third kappa shape index (κ3) is 5.58. The van der Waals surface area contributed by atoms with E-state index < -0.39 is 0 Å². The number of nitrogens with zero attached hydrogens (tertiary/aromatic N) is 4. The molecule has 0 radical (unpaired) electrons. The van der Waals surface area contributed by atoms with Crippen molar-refractivity contribution in [1.29, 1.82) is 0 Å². The van der Waals surface area contributed by atoms with Gasteiger partial charge in [-0.1, -0.05) is 66.7 Å². The zero-order chi connectivity index (χ0) is 24.8. The largest absolute Gasteiger partial charge is 0.339 e. The minimum absolute atomic E-state index is 0.174. The molecule has 0 N–H and O–H groups in total. The topological polar surface area (TPSA) is 67.5 Å². The monoisotopic (exact) mass is 470 g/mol. The number of carbonyl (C=O) groups is 1. The number of piperazine rings is 1. The van der Waals surface area contributed by atoms with E-state index in [9.17, 15) is 14.4 Å². The van der Waals surface area contributed by atoms with Gasteiger partial charge < -0.3 is 9.47 Å². The quantitative estimate of drug-likeness (QED) is 0.493. The summed E-state index contributed by atoms with van der Waals surface area (Å²) in [5.74, 6) is -0.174. The number of aromatic nitrogens is 2. The summed E-state index contributed by atoms with van der Waals surface area (Å²) in [5.41, 5.74) is 0.870. The molecule has 4 rings (SSSR count). The highest BCUT2D eigenvalue weighted by Gasteiger charge is 2.22. The third-order valence-corrected chi connectivity index (χ3v) is 6.25. The molecule has 3 aromatic rings. The summed E-state index contributed by atoms with van der Waals surface area (Å²) in [4.78, 5) is 44.4. The highest BCUT2D eigenvalue weighted by Crippen LogP contribution is 2.03. The van der Waals surface area contributed by atoms with E-state index in [1.807, 2.05) is 66.7 Å². The number of hydrogen-bond acceptors (Lipinski definition) is 4. The average Bonchev–Trinajstić information content (AvgIpc) is 2.89. The van der Waals surface area contributed by atoms with Gasteiger partial charge in [-0.05, 0) is 23.3 Å². The molecule has 0 atom stereocenters. The molecule has 0 aliphatic carbocycles. The molecule has 1 aromatic heterocycles. The maximum atomic E-state index is 13.7. The van der Waals surface area contributed by atoms with Crippen molar-refractivity contribution in [3.63, 3.8) is 0 Å². The first-order chi connectivity index (χ1) is 17.0. The van der Waals surface area contributed by atoms with E-state index in [1.165, 1.54) is 9.13 Å². The Bertz CT molecular complexity index is 1430. The van der Waals surface area contributed by atoms with E-state index in [4.69, 9.17) is 0 Å². The van der Waals surface area contributed by atoms with Gasteiger partial charge in [0, 0.05) is 39.8 Å². The van der Waals surface area contributed by atoms with Crippen LogP contribution in [0.3, 0.4) is 0 Å². The van der Waals surface area contributed by atoms with Gasteiger partial charge in [-0.3, -0.25) is 23.9 Å². The van der Waals surface area contributed by atoms with Crippen LogP contribution < -0.4 is 21.8 Å². The first-order valence-electron chi connectivity index (χ1n) is 11.7. The van der Waals surface area contributed by atoms with Gasteiger partial charge in [-0.15, -0.1) is 6.58 Å². The molecule has 0 spiro atoms. The maximum absolute atomic E-state index is 13.7. The Morgan fingerprint density at radius 1 is 0.829 bits per heavy atom. The molecule has 1 aliphatic heterocycles. The summed E-state index contributed by atoms with van der Waals surface area (Å²) in [5, 5.41) is 0.419.